The van der Waals surface area contributed by atoms with Gasteiger partial charge < -0.3 is 19.9 Å². The Morgan fingerprint density at radius 2 is 1.70 bits per heavy atom. The van der Waals surface area contributed by atoms with E-state index in [4.69, 9.17) is 4.74 Å². The first-order valence-corrected chi connectivity index (χ1v) is 11.7. The van der Waals surface area contributed by atoms with Crippen molar-refractivity contribution in [3.05, 3.63) is 65.5 Å². The minimum absolute atomic E-state index is 0.113. The highest BCUT2D eigenvalue weighted by atomic mass is 32.2. The van der Waals surface area contributed by atoms with E-state index in [1.165, 1.54) is 17.3 Å². The maximum Gasteiger partial charge on any atom is 0.234 e. The number of anilines is 1. The molecule has 0 fully saturated rings. The van der Waals surface area contributed by atoms with Crippen LogP contribution in [0.15, 0.2) is 53.7 Å². The van der Waals surface area contributed by atoms with Gasteiger partial charge >= 0.3 is 0 Å². The van der Waals surface area contributed by atoms with Crippen LogP contribution in [0, 0.1) is 0 Å². The van der Waals surface area contributed by atoms with Gasteiger partial charge in [-0.15, -0.1) is 10.2 Å². The van der Waals surface area contributed by atoms with Crippen LogP contribution in [0.5, 0.6) is 5.75 Å². The molecule has 1 atom stereocenters. The molecule has 2 amide bonds. The molecule has 0 unspecified atom stereocenters. The van der Waals surface area contributed by atoms with Gasteiger partial charge in [-0.2, -0.15) is 0 Å². The zero-order valence-corrected chi connectivity index (χ0v) is 20.1. The van der Waals surface area contributed by atoms with Crippen LogP contribution >= 0.6 is 11.8 Å². The average molecular weight is 468 g/mol. The van der Waals surface area contributed by atoms with Gasteiger partial charge in [0.1, 0.15) is 5.75 Å². The Labute approximate surface area is 198 Å². The van der Waals surface area contributed by atoms with Gasteiger partial charge in [-0.05, 0) is 48.7 Å². The van der Waals surface area contributed by atoms with E-state index in [2.05, 4.69) is 27.8 Å². The van der Waals surface area contributed by atoms with E-state index in [1.807, 2.05) is 62.5 Å². The summed E-state index contributed by atoms with van der Waals surface area (Å²) in [5, 5.41) is 14.8. The molecule has 2 N–H and O–H groups in total. The van der Waals surface area contributed by atoms with E-state index in [1.54, 1.807) is 11.7 Å². The van der Waals surface area contributed by atoms with Crippen LogP contribution in [0.3, 0.4) is 0 Å². The predicted octanol–water partition coefficient (Wildman–Crippen LogP) is 3.54. The molecule has 0 spiro atoms. The fraction of sp³-hybridized carbons (Fsp3) is 0.333. The van der Waals surface area contributed by atoms with Crippen molar-refractivity contribution >= 4 is 29.3 Å². The maximum absolute atomic E-state index is 12.4. The van der Waals surface area contributed by atoms with Crippen molar-refractivity contribution in [3.8, 4) is 5.75 Å². The lowest BCUT2D eigenvalue weighted by atomic mass is 10.1. The lowest BCUT2D eigenvalue weighted by Gasteiger charge is -2.14. The van der Waals surface area contributed by atoms with Gasteiger partial charge in [0.15, 0.2) is 11.0 Å². The van der Waals surface area contributed by atoms with E-state index in [0.717, 1.165) is 23.4 Å². The first kappa shape index (κ1) is 24.3. The van der Waals surface area contributed by atoms with Crippen molar-refractivity contribution in [1.29, 1.82) is 0 Å². The number of nitrogens with zero attached hydrogens (tertiary/aromatic N) is 3. The molecule has 2 aromatic carbocycles. The number of ether oxygens (including phenoxy) is 1. The van der Waals surface area contributed by atoms with E-state index in [9.17, 15) is 9.59 Å². The molecule has 3 rings (SSSR count). The smallest absolute Gasteiger partial charge is 0.234 e. The summed E-state index contributed by atoms with van der Waals surface area (Å²) in [4.78, 5) is 24.7. The number of hydrogen-bond donors (Lipinski definition) is 2. The Morgan fingerprint density at radius 3 is 2.33 bits per heavy atom. The molecule has 0 bridgehead atoms. The molecule has 0 radical (unpaired) electrons. The number of carbonyl (C=O) groups is 2. The summed E-state index contributed by atoms with van der Waals surface area (Å²) < 4.78 is 6.94. The summed E-state index contributed by atoms with van der Waals surface area (Å²) in [6.07, 6.45) is 1.21. The van der Waals surface area contributed by atoms with Gasteiger partial charge in [-0.25, -0.2) is 0 Å². The second-order valence-electron chi connectivity index (χ2n) is 7.60. The Hall–Kier alpha value is -3.33. The monoisotopic (exact) mass is 467 g/mol. The summed E-state index contributed by atoms with van der Waals surface area (Å²) in [5.74, 6) is 1.35. The highest BCUT2D eigenvalue weighted by Gasteiger charge is 2.18. The maximum atomic E-state index is 12.4. The third kappa shape index (κ3) is 6.82. The molecule has 0 aliphatic carbocycles. The van der Waals surface area contributed by atoms with Crippen molar-refractivity contribution in [3.63, 3.8) is 0 Å². The second-order valence-corrected chi connectivity index (χ2v) is 8.54. The molecule has 0 aliphatic heterocycles. The fourth-order valence-corrected chi connectivity index (χ4v) is 3.98. The van der Waals surface area contributed by atoms with Crippen LogP contribution < -0.4 is 15.4 Å². The quantitative estimate of drug-likeness (QED) is 0.443. The number of carbonyl (C=O) groups excluding carboxylic acids is 2. The van der Waals surface area contributed by atoms with Gasteiger partial charge in [0, 0.05) is 12.7 Å². The second kappa shape index (κ2) is 11.5. The third-order valence-corrected chi connectivity index (χ3v) is 6.16. The number of methoxy groups -OCH3 is 1. The first-order valence-electron chi connectivity index (χ1n) is 10.7. The van der Waals surface area contributed by atoms with E-state index >= 15 is 0 Å². The molecule has 1 heterocycles. The van der Waals surface area contributed by atoms with E-state index in [-0.39, 0.29) is 30.0 Å². The highest BCUT2D eigenvalue weighted by Crippen LogP contribution is 2.20. The molecule has 174 valence electrons. The molecular formula is C24H29N5O3S. The summed E-state index contributed by atoms with van der Waals surface area (Å²) in [6.45, 7) is 3.95. The predicted molar refractivity (Wildman–Crippen MR) is 129 cm³/mol. The van der Waals surface area contributed by atoms with Crippen molar-refractivity contribution < 1.29 is 14.3 Å². The molecule has 0 saturated heterocycles. The van der Waals surface area contributed by atoms with Gasteiger partial charge in [0.25, 0.3) is 0 Å². The van der Waals surface area contributed by atoms with Gasteiger partial charge in [0.05, 0.1) is 25.3 Å². The SMILES string of the molecule is CCc1ccc(NC(=O)CSc2nnc([C@@H](C)NC(=O)Cc3ccc(OC)cc3)n2C)cc1. The van der Waals surface area contributed by atoms with Gasteiger partial charge in [-0.3, -0.25) is 9.59 Å². The molecule has 33 heavy (non-hydrogen) atoms. The van der Waals surface area contributed by atoms with Crippen molar-refractivity contribution in [2.75, 3.05) is 18.2 Å². The Bertz CT molecular complexity index is 1080. The number of thioether (sulfide) groups is 1. The number of rotatable bonds is 10. The summed E-state index contributed by atoms with van der Waals surface area (Å²) in [6, 6.07) is 14.9. The lowest BCUT2D eigenvalue weighted by molar-refractivity contribution is -0.121. The standard InChI is InChI=1S/C24H29N5O3S/c1-5-17-6-10-19(11-7-17)26-22(31)15-33-24-28-27-23(29(24)3)16(2)25-21(30)14-18-8-12-20(32-4)13-9-18/h6-13,16H,5,14-15H2,1-4H3,(H,25,30)(H,26,31)/t16-/m1/s1. The molecule has 8 nitrogen and oxygen atoms in total. The number of nitrogens with one attached hydrogen (secondary N) is 2. The Kier molecular flexibility index (Phi) is 8.48. The average Bonchev–Trinajstić information content (AvgIpc) is 3.19. The molecule has 9 heteroatoms. The topological polar surface area (TPSA) is 98.1 Å². The number of aryl methyl sites for hydroxylation is 1. The lowest BCUT2D eigenvalue weighted by Crippen LogP contribution is -2.29. The number of aromatic nitrogens is 3. The molecule has 0 saturated carbocycles. The van der Waals surface area contributed by atoms with Crippen LogP contribution in [-0.4, -0.2) is 39.4 Å². The third-order valence-electron chi connectivity index (χ3n) is 5.14. The molecule has 0 aliphatic rings. The van der Waals surface area contributed by atoms with Crippen LogP contribution in [0.1, 0.15) is 36.8 Å². The Morgan fingerprint density at radius 1 is 1.03 bits per heavy atom. The van der Waals surface area contributed by atoms with Crippen molar-refractivity contribution in [2.24, 2.45) is 7.05 Å². The van der Waals surface area contributed by atoms with E-state index < -0.39 is 0 Å². The van der Waals surface area contributed by atoms with Crippen molar-refractivity contribution in [1.82, 2.24) is 20.1 Å². The number of hydrogen-bond acceptors (Lipinski definition) is 6. The Balaban J connectivity index is 1.51. The van der Waals surface area contributed by atoms with Crippen LogP contribution in [0.2, 0.25) is 0 Å². The first-order chi connectivity index (χ1) is 15.9. The largest absolute Gasteiger partial charge is 0.497 e. The van der Waals surface area contributed by atoms with Crippen LogP contribution in [-0.2, 0) is 29.5 Å². The number of amides is 2. The minimum Gasteiger partial charge on any atom is -0.497 e. The minimum atomic E-state index is -0.325. The summed E-state index contributed by atoms with van der Waals surface area (Å²) >= 11 is 1.30. The highest BCUT2D eigenvalue weighted by molar-refractivity contribution is 7.99. The molecule has 1 aromatic heterocycles. The van der Waals surface area contributed by atoms with Crippen LogP contribution in [0.25, 0.3) is 0 Å². The zero-order chi connectivity index (χ0) is 23.8. The van der Waals surface area contributed by atoms with E-state index in [0.29, 0.717) is 11.0 Å². The van der Waals surface area contributed by atoms with Crippen LogP contribution in [0.4, 0.5) is 5.69 Å². The fourth-order valence-electron chi connectivity index (χ4n) is 3.27. The molecule has 3 aromatic rings. The summed E-state index contributed by atoms with van der Waals surface area (Å²) in [5.41, 5.74) is 2.88. The van der Waals surface area contributed by atoms with Gasteiger partial charge in [-0.1, -0.05) is 43.0 Å². The molecular weight excluding hydrogens is 438 g/mol. The van der Waals surface area contributed by atoms with Gasteiger partial charge in [0.2, 0.25) is 11.8 Å². The zero-order valence-electron chi connectivity index (χ0n) is 19.3. The number of benzene rings is 2. The summed E-state index contributed by atoms with van der Waals surface area (Å²) in [7, 11) is 3.43. The normalized spacial score (nSPS) is 11.6. The van der Waals surface area contributed by atoms with Crippen molar-refractivity contribution in [2.45, 2.75) is 37.9 Å².